The van der Waals surface area contributed by atoms with E-state index < -0.39 is 0 Å². The third kappa shape index (κ3) is 5.13. The van der Waals surface area contributed by atoms with Gasteiger partial charge >= 0.3 is 0 Å². The number of nitrogens with one attached hydrogen (secondary N) is 1. The van der Waals surface area contributed by atoms with Crippen LogP contribution in [-0.2, 0) is 6.42 Å². The summed E-state index contributed by atoms with van der Waals surface area (Å²) in [6.07, 6.45) is 7.82. The van der Waals surface area contributed by atoms with Gasteiger partial charge in [0.1, 0.15) is 5.76 Å². The van der Waals surface area contributed by atoms with Crippen LogP contribution in [0.1, 0.15) is 63.6 Å². The van der Waals surface area contributed by atoms with E-state index in [4.69, 9.17) is 0 Å². The zero-order chi connectivity index (χ0) is 21.0. The lowest BCUT2D eigenvalue weighted by Crippen LogP contribution is -2.28. The smallest absolute Gasteiger partial charge is 0.114 e. The van der Waals surface area contributed by atoms with Crippen molar-refractivity contribution < 1.29 is 10.2 Å². The van der Waals surface area contributed by atoms with Gasteiger partial charge in [-0.05, 0) is 80.0 Å². The molecular formula is C25H34N2O2. The largest absolute Gasteiger partial charge is 0.508 e. The van der Waals surface area contributed by atoms with Gasteiger partial charge in [-0.15, -0.1) is 0 Å². The molecule has 3 rings (SSSR count). The first-order chi connectivity index (χ1) is 13.9. The van der Waals surface area contributed by atoms with Crippen LogP contribution in [0.5, 0.6) is 0 Å². The third-order valence-electron chi connectivity index (χ3n) is 5.90. The molecule has 1 fully saturated rings. The van der Waals surface area contributed by atoms with Gasteiger partial charge < -0.3 is 20.1 Å². The molecule has 0 amide bonds. The molecule has 0 radical (unpaired) electrons. The van der Waals surface area contributed by atoms with Crippen LogP contribution in [-0.4, -0.2) is 26.9 Å². The van der Waals surface area contributed by atoms with Crippen LogP contribution in [0, 0.1) is 0 Å². The molecule has 1 saturated carbocycles. The number of rotatable bonds is 7. The Morgan fingerprint density at radius 1 is 1.24 bits per heavy atom. The van der Waals surface area contributed by atoms with Crippen LogP contribution < -0.4 is 5.32 Å². The Kier molecular flexibility index (Phi) is 6.86. The molecule has 0 bridgehead atoms. The summed E-state index contributed by atoms with van der Waals surface area (Å²) < 4.78 is 2.18. The third-order valence-corrected chi connectivity index (χ3v) is 5.90. The fraction of sp³-hybridized carbons (Fsp3) is 0.440. The van der Waals surface area contributed by atoms with Gasteiger partial charge in [0.15, 0.2) is 0 Å². The summed E-state index contributed by atoms with van der Waals surface area (Å²) in [7, 11) is 0. The Balaban J connectivity index is 1.90. The average molecular weight is 395 g/mol. The Bertz CT molecular complexity index is 871. The van der Waals surface area contributed by atoms with Crippen molar-refractivity contribution in [2.75, 3.05) is 5.32 Å². The lowest BCUT2D eigenvalue weighted by atomic mass is 9.92. The Labute approximate surface area is 174 Å². The van der Waals surface area contributed by atoms with Crippen molar-refractivity contribution in [2.45, 2.75) is 70.9 Å². The monoisotopic (exact) mass is 394 g/mol. The average Bonchev–Trinajstić information content (AvgIpc) is 3.16. The van der Waals surface area contributed by atoms with Gasteiger partial charge in [0.05, 0.1) is 6.10 Å². The fourth-order valence-corrected chi connectivity index (χ4v) is 4.11. The van der Waals surface area contributed by atoms with Crippen molar-refractivity contribution in [1.82, 2.24) is 4.57 Å². The van der Waals surface area contributed by atoms with E-state index in [1.54, 1.807) is 0 Å². The molecule has 29 heavy (non-hydrogen) atoms. The molecule has 0 saturated heterocycles. The number of anilines is 1. The fourth-order valence-electron chi connectivity index (χ4n) is 4.11. The first-order valence-electron chi connectivity index (χ1n) is 10.6. The van der Waals surface area contributed by atoms with Crippen molar-refractivity contribution in [3.8, 4) is 5.69 Å². The summed E-state index contributed by atoms with van der Waals surface area (Å²) >= 11 is 0. The van der Waals surface area contributed by atoms with Gasteiger partial charge in [0, 0.05) is 35.7 Å². The number of hydrogen-bond acceptors (Lipinski definition) is 3. The molecule has 3 N–H and O–H groups in total. The summed E-state index contributed by atoms with van der Waals surface area (Å²) in [4.78, 5) is 0. The first-order valence-corrected chi connectivity index (χ1v) is 10.6. The first kappa shape index (κ1) is 21.3. The van der Waals surface area contributed by atoms with Crippen LogP contribution in [0.2, 0.25) is 0 Å². The molecule has 1 aromatic carbocycles. The molecule has 1 aliphatic carbocycles. The maximum Gasteiger partial charge on any atom is 0.114 e. The summed E-state index contributed by atoms with van der Waals surface area (Å²) in [5.41, 5.74) is 5.63. The summed E-state index contributed by atoms with van der Waals surface area (Å²) in [5, 5.41) is 23.5. The number of nitrogens with zero attached hydrogens (tertiary/aromatic N) is 1. The second-order valence-corrected chi connectivity index (χ2v) is 8.49. The highest BCUT2D eigenvalue weighted by molar-refractivity contribution is 5.59. The molecule has 156 valence electrons. The minimum absolute atomic E-state index is 0.144. The van der Waals surface area contributed by atoms with Crippen LogP contribution in [0.3, 0.4) is 0 Å². The summed E-state index contributed by atoms with van der Waals surface area (Å²) in [6.45, 7) is 10.0. The molecule has 0 unspecified atom stereocenters. The number of benzene rings is 1. The molecule has 4 heteroatoms. The Morgan fingerprint density at radius 2 is 1.97 bits per heavy atom. The normalized spacial score (nSPS) is 20.4. The molecule has 1 aromatic heterocycles. The second kappa shape index (κ2) is 9.36. The minimum atomic E-state index is -0.144. The van der Waals surface area contributed by atoms with Crippen molar-refractivity contribution in [1.29, 1.82) is 0 Å². The zero-order valence-corrected chi connectivity index (χ0v) is 17.9. The zero-order valence-electron chi connectivity index (χ0n) is 17.9. The van der Waals surface area contributed by atoms with E-state index in [-0.39, 0.29) is 11.9 Å². The van der Waals surface area contributed by atoms with Crippen LogP contribution in [0.15, 0.2) is 60.5 Å². The summed E-state index contributed by atoms with van der Waals surface area (Å²) in [6, 6.07) is 11.2. The van der Waals surface area contributed by atoms with Crippen LogP contribution in [0.4, 0.5) is 5.69 Å². The van der Waals surface area contributed by atoms with E-state index in [0.29, 0.717) is 18.4 Å². The summed E-state index contributed by atoms with van der Waals surface area (Å²) in [5.74, 6) is 0.675. The van der Waals surface area contributed by atoms with Crippen LogP contribution >= 0.6 is 0 Å². The Morgan fingerprint density at radius 3 is 2.62 bits per heavy atom. The minimum Gasteiger partial charge on any atom is -0.508 e. The van der Waals surface area contributed by atoms with E-state index in [1.807, 2.05) is 13.0 Å². The highest BCUT2D eigenvalue weighted by Gasteiger charge is 2.20. The van der Waals surface area contributed by atoms with Crippen molar-refractivity contribution >= 4 is 5.69 Å². The van der Waals surface area contributed by atoms with Gasteiger partial charge in [-0.1, -0.05) is 26.5 Å². The second-order valence-electron chi connectivity index (χ2n) is 8.49. The highest BCUT2D eigenvalue weighted by atomic mass is 16.3. The van der Waals surface area contributed by atoms with E-state index in [9.17, 15) is 10.2 Å². The van der Waals surface area contributed by atoms with Gasteiger partial charge in [0.2, 0.25) is 0 Å². The Hall–Kier alpha value is -2.46. The molecule has 0 atom stereocenters. The molecule has 4 nitrogen and oxygen atoms in total. The van der Waals surface area contributed by atoms with Crippen LogP contribution in [0.25, 0.3) is 5.69 Å². The number of aliphatic hydroxyl groups excluding tert-OH is 2. The lowest BCUT2D eigenvalue weighted by molar-refractivity contribution is 0.126. The molecule has 2 aromatic rings. The van der Waals surface area contributed by atoms with E-state index in [0.717, 1.165) is 42.6 Å². The van der Waals surface area contributed by atoms with E-state index >= 15 is 0 Å². The van der Waals surface area contributed by atoms with E-state index in [1.165, 1.54) is 17.3 Å². The molecular weight excluding hydrogens is 360 g/mol. The SMILES string of the molecule is C=C/C(O)=C(\C)Cc1cccn1-c1ccc(C(C)C)c(NC2CCC(O)CC2)c1. The molecule has 1 heterocycles. The quantitative estimate of drug-likeness (QED) is 0.406. The van der Waals surface area contributed by atoms with Gasteiger partial charge in [-0.2, -0.15) is 0 Å². The highest BCUT2D eigenvalue weighted by Crippen LogP contribution is 2.31. The number of aliphatic hydroxyl groups is 2. The van der Waals surface area contributed by atoms with Gasteiger partial charge in [-0.3, -0.25) is 0 Å². The number of aromatic nitrogens is 1. The maximum atomic E-state index is 9.95. The maximum absolute atomic E-state index is 9.95. The number of allylic oxidation sites excluding steroid dienone is 2. The molecule has 0 aliphatic heterocycles. The van der Waals surface area contributed by atoms with Crippen molar-refractivity contribution in [3.05, 3.63) is 71.8 Å². The van der Waals surface area contributed by atoms with Crippen molar-refractivity contribution in [3.63, 3.8) is 0 Å². The van der Waals surface area contributed by atoms with Crippen molar-refractivity contribution in [2.24, 2.45) is 0 Å². The predicted octanol–water partition coefficient (Wildman–Crippen LogP) is 5.88. The number of hydrogen-bond donors (Lipinski definition) is 3. The lowest BCUT2D eigenvalue weighted by Gasteiger charge is -2.29. The van der Waals surface area contributed by atoms with E-state index in [2.05, 4.69) is 60.8 Å². The predicted molar refractivity (Wildman–Crippen MR) is 121 cm³/mol. The molecule has 1 aliphatic rings. The topological polar surface area (TPSA) is 57.4 Å². The van der Waals surface area contributed by atoms with Gasteiger partial charge in [0.25, 0.3) is 0 Å². The standard InChI is InChI=1S/C25H34N2O2/c1-5-25(29)18(4)15-20-7-6-14-27(20)21-10-13-23(17(2)3)24(16-21)26-19-8-11-22(28)12-9-19/h5-7,10,13-14,16-17,19,22,26,28-29H,1,8-9,11-12,15H2,2-4H3/b25-18-. The van der Waals surface area contributed by atoms with Gasteiger partial charge in [-0.25, -0.2) is 0 Å². The molecule has 0 spiro atoms.